The minimum Gasteiger partial charge on any atom is -0.339 e. The summed E-state index contributed by atoms with van der Waals surface area (Å²) in [5.41, 5.74) is 2.44. The Balaban J connectivity index is 1.45. The first-order valence-corrected chi connectivity index (χ1v) is 12.3. The van der Waals surface area contributed by atoms with E-state index in [1.54, 1.807) is 29.2 Å². The van der Waals surface area contributed by atoms with E-state index in [0.29, 0.717) is 43.7 Å². The summed E-state index contributed by atoms with van der Waals surface area (Å²) in [6.07, 6.45) is 3.42. The lowest BCUT2D eigenvalue weighted by molar-refractivity contribution is -0.132. The molecule has 2 aromatic carbocycles. The number of carbonyl (C=O) groups excluding carboxylic acids is 2. The zero-order valence-electron chi connectivity index (χ0n) is 17.3. The average molecular weight is 429 g/mol. The van der Waals surface area contributed by atoms with Crippen LogP contribution in [0, 0.1) is 0 Å². The van der Waals surface area contributed by atoms with Crippen molar-refractivity contribution in [3.8, 4) is 0 Å². The summed E-state index contributed by atoms with van der Waals surface area (Å²) in [4.78, 5) is 28.8. The molecule has 160 valence electrons. The highest BCUT2D eigenvalue weighted by molar-refractivity contribution is 7.89. The molecule has 1 heterocycles. The van der Waals surface area contributed by atoms with Gasteiger partial charge in [-0.1, -0.05) is 42.5 Å². The Morgan fingerprint density at radius 1 is 0.833 bits per heavy atom. The number of hydrogen-bond acceptors (Lipinski definition) is 4. The van der Waals surface area contributed by atoms with Gasteiger partial charge in [-0.2, -0.15) is 0 Å². The van der Waals surface area contributed by atoms with E-state index >= 15 is 0 Å². The smallest absolute Gasteiger partial charge is 0.253 e. The van der Waals surface area contributed by atoms with Crippen LogP contribution in [-0.4, -0.2) is 62.5 Å². The van der Waals surface area contributed by atoms with Gasteiger partial charge in [-0.05, 0) is 36.1 Å². The first kappa shape index (κ1) is 22.0. The Kier molecular flexibility index (Phi) is 7.26. The number of amides is 2. The number of piperazine rings is 1. The molecule has 6 nitrogen and oxygen atoms in total. The van der Waals surface area contributed by atoms with Crippen LogP contribution in [0.3, 0.4) is 0 Å². The van der Waals surface area contributed by atoms with E-state index in [0.717, 1.165) is 12.8 Å². The van der Waals surface area contributed by atoms with Gasteiger partial charge < -0.3 is 9.80 Å². The second-order valence-electron chi connectivity index (χ2n) is 7.78. The molecule has 2 aromatic rings. The fraction of sp³-hybridized carbons (Fsp3) is 0.391. The van der Waals surface area contributed by atoms with E-state index in [1.165, 1.54) is 11.8 Å². The Hall–Kier alpha value is -2.67. The van der Waals surface area contributed by atoms with Crippen molar-refractivity contribution in [1.29, 1.82) is 0 Å². The van der Waals surface area contributed by atoms with E-state index < -0.39 is 9.84 Å². The van der Waals surface area contributed by atoms with E-state index in [2.05, 4.69) is 12.1 Å². The van der Waals surface area contributed by atoms with Crippen molar-refractivity contribution in [2.45, 2.75) is 25.0 Å². The minimum absolute atomic E-state index is 0.0352. The number of rotatable bonds is 7. The summed E-state index contributed by atoms with van der Waals surface area (Å²) in [6, 6.07) is 16.8. The average Bonchev–Trinajstić information content (AvgIpc) is 2.73. The molecule has 1 fully saturated rings. The van der Waals surface area contributed by atoms with E-state index in [4.69, 9.17) is 0 Å². The van der Waals surface area contributed by atoms with Gasteiger partial charge in [0, 0.05) is 44.4 Å². The molecule has 0 N–H and O–H groups in total. The fourth-order valence-electron chi connectivity index (χ4n) is 3.63. The second-order valence-corrected chi connectivity index (χ2v) is 9.92. The van der Waals surface area contributed by atoms with Gasteiger partial charge in [0.15, 0.2) is 9.84 Å². The number of hydrogen-bond donors (Lipinski definition) is 0. The van der Waals surface area contributed by atoms with Crippen LogP contribution in [-0.2, 0) is 26.8 Å². The van der Waals surface area contributed by atoms with Gasteiger partial charge in [0.25, 0.3) is 5.91 Å². The van der Waals surface area contributed by atoms with E-state index in [-0.39, 0.29) is 17.6 Å². The van der Waals surface area contributed by atoms with Gasteiger partial charge in [-0.25, -0.2) is 8.42 Å². The fourth-order valence-corrected chi connectivity index (χ4v) is 4.43. The van der Waals surface area contributed by atoms with Crippen LogP contribution >= 0.6 is 0 Å². The molecule has 7 heteroatoms. The van der Waals surface area contributed by atoms with Crippen LogP contribution < -0.4 is 0 Å². The predicted octanol–water partition coefficient (Wildman–Crippen LogP) is 2.54. The molecule has 0 unspecified atom stereocenters. The van der Waals surface area contributed by atoms with Gasteiger partial charge >= 0.3 is 0 Å². The molecule has 0 aromatic heterocycles. The van der Waals surface area contributed by atoms with Crippen molar-refractivity contribution in [2.75, 3.05) is 32.4 Å². The molecule has 0 bridgehead atoms. The molecule has 0 atom stereocenters. The summed E-state index contributed by atoms with van der Waals surface area (Å²) in [5.74, 6) is 0.0206. The van der Waals surface area contributed by atoms with Crippen LogP contribution in [0.15, 0.2) is 54.6 Å². The van der Waals surface area contributed by atoms with Gasteiger partial charge in [-0.3, -0.25) is 9.59 Å². The summed E-state index contributed by atoms with van der Waals surface area (Å²) < 4.78 is 22.8. The lowest BCUT2D eigenvalue weighted by atomic mass is 10.1. The first-order valence-electron chi connectivity index (χ1n) is 10.2. The van der Waals surface area contributed by atoms with Gasteiger partial charge in [0.05, 0.1) is 5.75 Å². The van der Waals surface area contributed by atoms with Crippen LogP contribution in [0.1, 0.15) is 34.3 Å². The largest absolute Gasteiger partial charge is 0.339 e. The summed E-state index contributed by atoms with van der Waals surface area (Å²) in [6.45, 7) is 2.10. The molecule has 3 rings (SSSR count). The molecule has 30 heavy (non-hydrogen) atoms. The Labute approximate surface area is 178 Å². The normalized spacial score (nSPS) is 14.6. The number of benzene rings is 2. The third kappa shape index (κ3) is 6.42. The van der Waals surface area contributed by atoms with Crippen molar-refractivity contribution < 1.29 is 18.0 Å². The number of carbonyl (C=O) groups is 2. The van der Waals surface area contributed by atoms with Gasteiger partial charge in [-0.15, -0.1) is 0 Å². The highest BCUT2D eigenvalue weighted by atomic mass is 32.2. The lowest BCUT2D eigenvalue weighted by Gasteiger charge is -2.35. The number of sulfone groups is 1. The van der Waals surface area contributed by atoms with Crippen LogP contribution in [0.25, 0.3) is 0 Å². The second kappa shape index (κ2) is 9.89. The molecule has 1 aliphatic rings. The maximum absolute atomic E-state index is 12.7. The van der Waals surface area contributed by atoms with Crippen molar-refractivity contribution in [2.24, 2.45) is 0 Å². The third-order valence-corrected chi connectivity index (χ3v) is 6.11. The molecular formula is C23H28N2O4S. The molecule has 1 aliphatic heterocycles. The maximum atomic E-state index is 12.7. The van der Waals surface area contributed by atoms with Gasteiger partial charge in [0.1, 0.15) is 0 Å². The highest BCUT2D eigenvalue weighted by Gasteiger charge is 2.24. The zero-order valence-corrected chi connectivity index (χ0v) is 18.1. The molecule has 0 saturated carbocycles. The van der Waals surface area contributed by atoms with Crippen molar-refractivity contribution >= 4 is 21.7 Å². The highest BCUT2D eigenvalue weighted by Crippen LogP contribution is 2.13. The van der Waals surface area contributed by atoms with Crippen molar-refractivity contribution in [3.05, 3.63) is 71.3 Å². The Morgan fingerprint density at radius 3 is 2.03 bits per heavy atom. The Morgan fingerprint density at radius 2 is 1.43 bits per heavy atom. The topological polar surface area (TPSA) is 74.8 Å². The van der Waals surface area contributed by atoms with Crippen molar-refractivity contribution in [3.63, 3.8) is 0 Å². The first-order chi connectivity index (χ1) is 14.3. The third-order valence-electron chi connectivity index (χ3n) is 5.25. The van der Waals surface area contributed by atoms with Crippen LogP contribution in [0.5, 0.6) is 0 Å². The van der Waals surface area contributed by atoms with Crippen LogP contribution in [0.2, 0.25) is 0 Å². The molecular weight excluding hydrogens is 400 g/mol. The van der Waals surface area contributed by atoms with Crippen LogP contribution in [0.4, 0.5) is 0 Å². The molecule has 2 amide bonds. The predicted molar refractivity (Wildman–Crippen MR) is 117 cm³/mol. The lowest BCUT2D eigenvalue weighted by Crippen LogP contribution is -2.50. The standard InChI is InChI=1S/C23H28N2O4S/c1-30(28,29)18-20-10-12-21(13-11-20)23(27)25-16-14-24(15-17-25)22(26)9-5-8-19-6-3-2-4-7-19/h2-4,6-7,10-13H,5,8-9,14-18H2,1H3. The number of nitrogens with zero attached hydrogens (tertiary/aromatic N) is 2. The minimum atomic E-state index is -3.10. The quantitative estimate of drug-likeness (QED) is 0.679. The summed E-state index contributed by atoms with van der Waals surface area (Å²) >= 11 is 0. The van der Waals surface area contributed by atoms with Crippen molar-refractivity contribution in [1.82, 2.24) is 9.80 Å². The molecule has 0 spiro atoms. The summed E-state index contributed by atoms with van der Waals surface area (Å²) in [5, 5.41) is 0. The zero-order chi connectivity index (χ0) is 21.6. The Bertz CT molecular complexity index is 964. The molecule has 1 saturated heterocycles. The van der Waals surface area contributed by atoms with E-state index in [1.807, 2.05) is 23.1 Å². The molecule has 0 aliphatic carbocycles. The maximum Gasteiger partial charge on any atom is 0.253 e. The molecule has 0 radical (unpaired) electrons. The monoisotopic (exact) mass is 428 g/mol. The van der Waals surface area contributed by atoms with Gasteiger partial charge in [0.2, 0.25) is 5.91 Å². The summed E-state index contributed by atoms with van der Waals surface area (Å²) in [7, 11) is -3.10. The SMILES string of the molecule is CS(=O)(=O)Cc1ccc(C(=O)N2CCN(C(=O)CCCc3ccccc3)CC2)cc1. The number of aryl methyl sites for hydroxylation is 1. The van der Waals surface area contributed by atoms with E-state index in [9.17, 15) is 18.0 Å².